The van der Waals surface area contributed by atoms with Crippen LogP contribution < -0.4 is 15.8 Å². The molecule has 2 heterocycles. The number of nitrogen functional groups attached to an aromatic ring is 1. The third-order valence-electron chi connectivity index (χ3n) is 3.04. The Labute approximate surface area is 108 Å². The zero-order chi connectivity index (χ0) is 13.0. The van der Waals surface area contributed by atoms with Crippen LogP contribution in [0.1, 0.15) is 26.7 Å². The lowest BCUT2D eigenvalue weighted by Gasteiger charge is -2.34. The molecule has 1 saturated heterocycles. The quantitative estimate of drug-likeness (QED) is 0.857. The molecule has 0 aliphatic carbocycles. The highest BCUT2D eigenvalue weighted by Crippen LogP contribution is 2.26. The topological polar surface area (TPSA) is 69.4 Å². The van der Waals surface area contributed by atoms with Gasteiger partial charge in [-0.25, -0.2) is 0 Å². The lowest BCUT2D eigenvalue weighted by atomic mass is 9.95. The minimum atomic E-state index is -0.0646. The van der Waals surface area contributed by atoms with Crippen LogP contribution in [0.4, 0.5) is 11.5 Å². The molecular weight excluding hydrogens is 230 g/mol. The third-order valence-corrected chi connectivity index (χ3v) is 3.04. The van der Waals surface area contributed by atoms with Gasteiger partial charge in [-0.15, -0.1) is 0 Å². The molecule has 18 heavy (non-hydrogen) atoms. The average Bonchev–Trinajstić information content (AvgIpc) is 2.34. The summed E-state index contributed by atoms with van der Waals surface area (Å²) in [5.41, 5.74) is 6.30. The molecule has 0 saturated carbocycles. The van der Waals surface area contributed by atoms with Crippen LogP contribution >= 0.6 is 0 Å². The molecule has 5 nitrogen and oxygen atoms in total. The second kappa shape index (κ2) is 5.44. The van der Waals surface area contributed by atoms with Crippen LogP contribution in [-0.2, 0) is 4.74 Å². The first kappa shape index (κ1) is 13.0. The smallest absolute Gasteiger partial charge is 0.239 e. The summed E-state index contributed by atoms with van der Waals surface area (Å²) in [5, 5.41) is 3.41. The van der Waals surface area contributed by atoms with E-state index in [4.69, 9.17) is 15.2 Å². The Balaban J connectivity index is 2.10. The van der Waals surface area contributed by atoms with Crippen molar-refractivity contribution in [2.24, 2.45) is 0 Å². The predicted molar refractivity (Wildman–Crippen MR) is 71.9 cm³/mol. The van der Waals surface area contributed by atoms with E-state index in [9.17, 15) is 0 Å². The summed E-state index contributed by atoms with van der Waals surface area (Å²) < 4.78 is 10.9. The third kappa shape index (κ3) is 3.04. The summed E-state index contributed by atoms with van der Waals surface area (Å²) >= 11 is 0. The van der Waals surface area contributed by atoms with Gasteiger partial charge in [0, 0.05) is 6.61 Å². The van der Waals surface area contributed by atoms with E-state index in [0.717, 1.165) is 25.3 Å². The van der Waals surface area contributed by atoms with Crippen molar-refractivity contribution in [2.45, 2.75) is 32.2 Å². The molecule has 1 aromatic rings. The van der Waals surface area contributed by atoms with E-state index in [0.29, 0.717) is 24.8 Å². The Hall–Kier alpha value is -1.49. The van der Waals surface area contributed by atoms with E-state index in [2.05, 4.69) is 17.2 Å². The molecule has 0 spiro atoms. The van der Waals surface area contributed by atoms with Crippen molar-refractivity contribution in [3.8, 4) is 5.88 Å². The maximum atomic E-state index is 5.80. The van der Waals surface area contributed by atoms with Gasteiger partial charge < -0.3 is 20.5 Å². The first-order valence-corrected chi connectivity index (χ1v) is 6.38. The van der Waals surface area contributed by atoms with Crippen molar-refractivity contribution in [3.05, 3.63) is 12.1 Å². The summed E-state index contributed by atoms with van der Waals surface area (Å²) in [4.78, 5) is 4.39. The normalized spacial score (nSPS) is 23.7. The van der Waals surface area contributed by atoms with Crippen LogP contribution in [0.25, 0.3) is 0 Å². The van der Waals surface area contributed by atoms with E-state index in [-0.39, 0.29) is 5.54 Å². The number of hydrogen-bond donors (Lipinski definition) is 2. The number of aromatic nitrogens is 1. The summed E-state index contributed by atoms with van der Waals surface area (Å²) in [6.45, 7) is 6.16. The first-order chi connectivity index (χ1) is 8.63. The van der Waals surface area contributed by atoms with E-state index < -0.39 is 0 Å². The fourth-order valence-electron chi connectivity index (χ4n) is 2.11. The fourth-order valence-corrected chi connectivity index (χ4v) is 2.11. The van der Waals surface area contributed by atoms with Crippen LogP contribution in [0.5, 0.6) is 5.88 Å². The van der Waals surface area contributed by atoms with Crippen LogP contribution in [0.15, 0.2) is 12.1 Å². The van der Waals surface area contributed by atoms with Gasteiger partial charge in [0.25, 0.3) is 0 Å². The van der Waals surface area contributed by atoms with Crippen molar-refractivity contribution in [1.82, 2.24) is 4.98 Å². The van der Waals surface area contributed by atoms with Gasteiger partial charge in [0.1, 0.15) is 5.82 Å². The van der Waals surface area contributed by atoms with E-state index in [1.807, 2.05) is 19.1 Å². The average molecular weight is 251 g/mol. The van der Waals surface area contributed by atoms with E-state index >= 15 is 0 Å². The predicted octanol–water partition coefficient (Wildman–Crippen LogP) is 2.04. The number of nitrogens with zero attached hydrogens (tertiary/aromatic N) is 1. The molecule has 1 atom stereocenters. The maximum absolute atomic E-state index is 5.80. The van der Waals surface area contributed by atoms with Crippen molar-refractivity contribution in [3.63, 3.8) is 0 Å². The lowest BCUT2D eigenvalue weighted by molar-refractivity contribution is 0.0538. The molecule has 100 valence electrons. The fraction of sp³-hybridized carbons (Fsp3) is 0.615. The largest absolute Gasteiger partial charge is 0.476 e. The highest BCUT2D eigenvalue weighted by Gasteiger charge is 2.27. The van der Waals surface area contributed by atoms with E-state index in [1.165, 1.54) is 0 Å². The molecule has 3 N–H and O–H groups in total. The molecule has 0 aromatic carbocycles. The highest BCUT2D eigenvalue weighted by molar-refractivity contribution is 5.54. The Morgan fingerprint density at radius 3 is 3.06 bits per heavy atom. The van der Waals surface area contributed by atoms with Gasteiger partial charge in [0.15, 0.2) is 0 Å². The van der Waals surface area contributed by atoms with Crippen molar-refractivity contribution in [2.75, 3.05) is 30.9 Å². The molecule has 1 unspecified atom stereocenters. The number of anilines is 2. The highest BCUT2D eigenvalue weighted by atomic mass is 16.5. The van der Waals surface area contributed by atoms with Crippen LogP contribution in [-0.4, -0.2) is 30.3 Å². The number of rotatable bonds is 4. The summed E-state index contributed by atoms with van der Waals surface area (Å²) in [6, 6.07) is 3.69. The van der Waals surface area contributed by atoms with Crippen LogP contribution in [0.2, 0.25) is 0 Å². The molecule has 1 aliphatic rings. The van der Waals surface area contributed by atoms with Gasteiger partial charge in [-0.3, -0.25) is 0 Å². The number of ether oxygens (including phenoxy) is 2. The molecule has 0 bridgehead atoms. The molecule has 1 fully saturated rings. The Bertz CT molecular complexity index is 403. The van der Waals surface area contributed by atoms with Crippen molar-refractivity contribution >= 4 is 11.5 Å². The molecule has 1 aliphatic heterocycles. The minimum Gasteiger partial charge on any atom is -0.476 e. The van der Waals surface area contributed by atoms with Crippen molar-refractivity contribution in [1.29, 1.82) is 0 Å². The molecule has 0 amide bonds. The molecule has 2 rings (SSSR count). The zero-order valence-corrected chi connectivity index (χ0v) is 11.0. The monoisotopic (exact) mass is 251 g/mol. The van der Waals surface area contributed by atoms with E-state index in [1.54, 1.807) is 0 Å². The number of hydrogen-bond acceptors (Lipinski definition) is 5. The Morgan fingerprint density at radius 1 is 1.56 bits per heavy atom. The number of nitrogens with one attached hydrogen (secondary N) is 1. The second-order valence-corrected chi connectivity index (χ2v) is 4.87. The van der Waals surface area contributed by atoms with Gasteiger partial charge in [0.05, 0.1) is 24.4 Å². The summed E-state index contributed by atoms with van der Waals surface area (Å²) in [7, 11) is 0. The first-order valence-electron chi connectivity index (χ1n) is 6.38. The summed E-state index contributed by atoms with van der Waals surface area (Å²) in [5.74, 6) is 1.27. The van der Waals surface area contributed by atoms with Crippen molar-refractivity contribution < 1.29 is 9.47 Å². The Morgan fingerprint density at radius 2 is 2.39 bits per heavy atom. The molecule has 0 radical (unpaired) electrons. The van der Waals surface area contributed by atoms with Gasteiger partial charge in [-0.05, 0) is 38.8 Å². The maximum Gasteiger partial charge on any atom is 0.239 e. The van der Waals surface area contributed by atoms with Gasteiger partial charge >= 0.3 is 0 Å². The SMILES string of the molecule is CCOc1nc(NC2(C)CCCOC2)ccc1N. The second-order valence-electron chi connectivity index (χ2n) is 4.87. The zero-order valence-electron chi connectivity index (χ0n) is 11.0. The molecule has 5 heteroatoms. The van der Waals surface area contributed by atoms with Gasteiger partial charge in [-0.2, -0.15) is 4.98 Å². The van der Waals surface area contributed by atoms with Gasteiger partial charge in [-0.1, -0.05) is 0 Å². The van der Waals surface area contributed by atoms with Crippen LogP contribution in [0, 0.1) is 0 Å². The number of pyridine rings is 1. The number of nitrogens with two attached hydrogens (primary N) is 1. The van der Waals surface area contributed by atoms with Crippen LogP contribution in [0.3, 0.4) is 0 Å². The summed E-state index contributed by atoms with van der Waals surface area (Å²) in [6.07, 6.45) is 2.14. The lowest BCUT2D eigenvalue weighted by Crippen LogP contribution is -2.43. The molecule has 1 aromatic heterocycles. The van der Waals surface area contributed by atoms with Gasteiger partial charge in [0.2, 0.25) is 5.88 Å². The Kier molecular flexibility index (Phi) is 3.91. The standard InChI is InChI=1S/C13H21N3O2/c1-3-18-12-10(14)5-6-11(15-12)16-13(2)7-4-8-17-9-13/h5-6H,3-4,7-9,14H2,1-2H3,(H,15,16). The molecular formula is C13H21N3O2. The minimum absolute atomic E-state index is 0.0646.